The standard InChI is InChI=1S/C27H20FN3O4S/c28-15-5-6-17-20(13-15)19-8-12-36-26(19)18-4-2-1-3-16(18)23(17)31-22-14-35-11-10-29(22)27(34)24-25(33)21(32)7-9-30(24)31/h1-9,12-13,22-23,33H,10-11,14H2/t22-,23-/m0/s1. The minimum Gasteiger partial charge on any atom is -0.502 e. The number of carbonyl (C=O) groups is 1. The average molecular weight is 502 g/mol. The Labute approximate surface area is 209 Å². The Morgan fingerprint density at radius 2 is 1.83 bits per heavy atom. The van der Waals surface area contributed by atoms with Gasteiger partial charge in [-0.15, -0.1) is 11.3 Å². The fourth-order valence-corrected chi connectivity index (χ4v) is 6.61. The summed E-state index contributed by atoms with van der Waals surface area (Å²) in [6.45, 7) is 0.920. The fraction of sp³-hybridized carbons (Fsp3) is 0.185. The zero-order chi connectivity index (χ0) is 24.6. The van der Waals surface area contributed by atoms with Crippen LogP contribution in [0.4, 0.5) is 4.39 Å². The van der Waals surface area contributed by atoms with Crippen LogP contribution < -0.4 is 10.4 Å². The van der Waals surface area contributed by atoms with Gasteiger partial charge in [0.1, 0.15) is 12.0 Å². The highest BCUT2D eigenvalue weighted by atomic mass is 32.1. The van der Waals surface area contributed by atoms with Gasteiger partial charge in [0.25, 0.3) is 5.91 Å². The SMILES string of the molecule is O=C1c2c(O)c(=O)ccn2N([C@@H]2c3ccc(F)cc3-c3ccsc3-c3ccccc32)[C@H]2COCCN12. The summed E-state index contributed by atoms with van der Waals surface area (Å²) >= 11 is 1.59. The number of hydrogen-bond acceptors (Lipinski definition) is 6. The molecule has 1 amide bonds. The molecule has 1 saturated heterocycles. The van der Waals surface area contributed by atoms with Crippen molar-refractivity contribution in [3.63, 3.8) is 0 Å². The third-order valence-corrected chi connectivity index (χ3v) is 8.15. The van der Waals surface area contributed by atoms with Gasteiger partial charge in [-0.2, -0.15) is 0 Å². The molecule has 0 radical (unpaired) electrons. The number of benzene rings is 2. The maximum absolute atomic E-state index is 14.6. The van der Waals surface area contributed by atoms with Gasteiger partial charge in [0, 0.05) is 29.2 Å². The summed E-state index contributed by atoms with van der Waals surface area (Å²) in [4.78, 5) is 28.5. The fourth-order valence-electron chi connectivity index (χ4n) is 5.66. The maximum Gasteiger partial charge on any atom is 0.278 e. The Kier molecular flexibility index (Phi) is 4.61. The second-order valence-corrected chi connectivity index (χ2v) is 9.96. The van der Waals surface area contributed by atoms with Crippen LogP contribution in [0.1, 0.15) is 27.7 Å². The molecule has 36 heavy (non-hydrogen) atoms. The predicted molar refractivity (Wildman–Crippen MR) is 133 cm³/mol. The molecule has 2 aromatic heterocycles. The van der Waals surface area contributed by atoms with E-state index in [-0.39, 0.29) is 18.1 Å². The molecular weight excluding hydrogens is 481 g/mol. The van der Waals surface area contributed by atoms with Crippen LogP contribution in [-0.2, 0) is 4.74 Å². The van der Waals surface area contributed by atoms with Crippen molar-refractivity contribution in [2.45, 2.75) is 12.2 Å². The van der Waals surface area contributed by atoms with Gasteiger partial charge in [-0.05, 0) is 45.8 Å². The first-order valence-corrected chi connectivity index (χ1v) is 12.5. The molecule has 7 nitrogen and oxygen atoms in total. The number of halogens is 1. The van der Waals surface area contributed by atoms with Crippen LogP contribution >= 0.6 is 11.3 Å². The van der Waals surface area contributed by atoms with Crippen molar-refractivity contribution >= 4 is 17.2 Å². The molecule has 9 heteroatoms. The Bertz CT molecular complexity index is 1610. The number of carbonyl (C=O) groups excluding carboxylic acids is 1. The maximum atomic E-state index is 14.6. The van der Waals surface area contributed by atoms with E-state index in [1.54, 1.807) is 33.0 Å². The lowest BCUT2D eigenvalue weighted by Crippen LogP contribution is -2.66. The van der Waals surface area contributed by atoms with Gasteiger partial charge < -0.3 is 14.7 Å². The summed E-state index contributed by atoms with van der Waals surface area (Å²) in [5, 5.41) is 14.7. The Morgan fingerprint density at radius 1 is 1.00 bits per heavy atom. The number of aromatic nitrogens is 1. The van der Waals surface area contributed by atoms with E-state index in [9.17, 15) is 19.1 Å². The lowest BCUT2D eigenvalue weighted by molar-refractivity contribution is -0.0196. The molecule has 0 unspecified atom stereocenters. The molecule has 4 aromatic rings. The summed E-state index contributed by atoms with van der Waals surface area (Å²) in [7, 11) is 0. The third-order valence-electron chi connectivity index (χ3n) is 7.20. The molecule has 1 aliphatic carbocycles. The van der Waals surface area contributed by atoms with E-state index in [1.165, 1.54) is 18.3 Å². The van der Waals surface area contributed by atoms with E-state index in [0.29, 0.717) is 13.2 Å². The number of nitrogens with zero attached hydrogens (tertiary/aromatic N) is 3. The zero-order valence-corrected chi connectivity index (χ0v) is 19.7. The van der Waals surface area contributed by atoms with Crippen molar-refractivity contribution in [2.75, 3.05) is 24.8 Å². The molecule has 1 fully saturated rings. The summed E-state index contributed by atoms with van der Waals surface area (Å²) in [6.07, 6.45) is 1.01. The second-order valence-electron chi connectivity index (χ2n) is 9.04. The van der Waals surface area contributed by atoms with E-state index in [2.05, 4.69) is 0 Å². The first kappa shape index (κ1) is 21.3. The van der Waals surface area contributed by atoms with Crippen LogP contribution in [0.5, 0.6) is 5.75 Å². The van der Waals surface area contributed by atoms with E-state index in [1.807, 2.05) is 40.7 Å². The molecule has 2 atom stereocenters. The number of rotatable bonds is 1. The zero-order valence-electron chi connectivity index (χ0n) is 18.9. The van der Waals surface area contributed by atoms with Gasteiger partial charge in [-0.25, -0.2) is 4.39 Å². The lowest BCUT2D eigenvalue weighted by Gasteiger charge is -2.51. The molecule has 2 aromatic carbocycles. The van der Waals surface area contributed by atoms with Gasteiger partial charge in [0.2, 0.25) is 5.43 Å². The van der Waals surface area contributed by atoms with Crippen LogP contribution in [0.3, 0.4) is 0 Å². The van der Waals surface area contributed by atoms with Crippen LogP contribution in [-0.4, -0.2) is 46.5 Å². The number of pyridine rings is 1. The van der Waals surface area contributed by atoms with E-state index < -0.39 is 29.3 Å². The normalized spacial score (nSPS) is 20.1. The predicted octanol–water partition coefficient (Wildman–Crippen LogP) is 3.94. The number of amides is 1. The molecule has 7 rings (SSSR count). The van der Waals surface area contributed by atoms with Gasteiger partial charge >= 0.3 is 0 Å². The molecule has 0 saturated carbocycles. The number of ether oxygens (including phenoxy) is 1. The number of thiophene rings is 1. The highest BCUT2D eigenvalue weighted by molar-refractivity contribution is 7.14. The average Bonchev–Trinajstić information content (AvgIpc) is 3.35. The van der Waals surface area contributed by atoms with Crippen molar-refractivity contribution in [2.24, 2.45) is 0 Å². The molecular formula is C27H20FN3O4S. The van der Waals surface area contributed by atoms with E-state index in [4.69, 9.17) is 4.74 Å². The van der Waals surface area contributed by atoms with E-state index >= 15 is 0 Å². The van der Waals surface area contributed by atoms with Gasteiger partial charge in [-0.3, -0.25) is 19.3 Å². The topological polar surface area (TPSA) is 75.0 Å². The van der Waals surface area contributed by atoms with Crippen LogP contribution in [0.25, 0.3) is 21.6 Å². The summed E-state index contributed by atoms with van der Waals surface area (Å²) in [6, 6.07) is 15.6. The number of hydrogen-bond donors (Lipinski definition) is 1. The third kappa shape index (κ3) is 2.87. The largest absolute Gasteiger partial charge is 0.502 e. The van der Waals surface area contributed by atoms with Crippen molar-refractivity contribution in [1.82, 2.24) is 9.58 Å². The molecule has 0 spiro atoms. The first-order chi connectivity index (χ1) is 17.5. The Morgan fingerprint density at radius 3 is 2.72 bits per heavy atom. The molecule has 0 bridgehead atoms. The summed E-state index contributed by atoms with van der Waals surface area (Å²) < 4.78 is 22.0. The number of fused-ring (bicyclic) bond motifs is 7. The molecule has 3 aliphatic rings. The number of morpholine rings is 1. The van der Waals surface area contributed by atoms with Crippen LogP contribution in [0, 0.1) is 5.82 Å². The highest BCUT2D eigenvalue weighted by Gasteiger charge is 2.46. The molecule has 2 aliphatic heterocycles. The van der Waals surface area contributed by atoms with Gasteiger partial charge in [0.15, 0.2) is 11.4 Å². The summed E-state index contributed by atoms with van der Waals surface area (Å²) in [5.74, 6) is -1.35. The Balaban J connectivity index is 1.57. The van der Waals surface area contributed by atoms with Gasteiger partial charge in [-0.1, -0.05) is 30.3 Å². The van der Waals surface area contributed by atoms with Crippen molar-refractivity contribution < 1.29 is 19.0 Å². The Hall–Kier alpha value is -3.95. The first-order valence-electron chi connectivity index (χ1n) is 11.6. The molecule has 4 heterocycles. The minimum absolute atomic E-state index is 0.0826. The van der Waals surface area contributed by atoms with Crippen molar-refractivity contribution in [3.05, 3.63) is 99.0 Å². The number of aromatic hydroxyl groups is 1. The monoisotopic (exact) mass is 501 g/mol. The molecule has 1 N–H and O–H groups in total. The quantitative estimate of drug-likeness (QED) is 0.428. The second kappa shape index (κ2) is 7.78. The minimum atomic E-state index is -0.618. The van der Waals surface area contributed by atoms with Gasteiger partial charge in [0.05, 0.1) is 19.3 Å². The van der Waals surface area contributed by atoms with E-state index in [0.717, 1.165) is 32.7 Å². The van der Waals surface area contributed by atoms with Crippen molar-refractivity contribution in [1.29, 1.82) is 0 Å². The highest BCUT2D eigenvalue weighted by Crippen LogP contribution is 2.50. The molecule has 180 valence electrons. The lowest BCUT2D eigenvalue weighted by atomic mass is 9.92. The summed E-state index contributed by atoms with van der Waals surface area (Å²) in [5.41, 5.74) is 3.83. The smallest absolute Gasteiger partial charge is 0.278 e. The van der Waals surface area contributed by atoms with Crippen molar-refractivity contribution in [3.8, 4) is 27.3 Å². The van der Waals surface area contributed by atoms with Crippen LogP contribution in [0.15, 0.2) is 71.0 Å². The van der Waals surface area contributed by atoms with Crippen LogP contribution in [0.2, 0.25) is 0 Å².